The number of benzene rings is 1. The lowest BCUT2D eigenvalue weighted by molar-refractivity contribution is 0.249. The smallest absolute Gasteiger partial charge is 0.245 e. The molecule has 1 aromatic heterocycles. The molecule has 1 fully saturated rings. The van der Waals surface area contributed by atoms with E-state index in [1.807, 2.05) is 6.07 Å². The second-order valence-electron chi connectivity index (χ2n) is 4.94. The van der Waals surface area contributed by atoms with Gasteiger partial charge in [-0.25, -0.2) is 0 Å². The molecular formula is C14H15Cl2N5. The number of piperazine rings is 1. The van der Waals surface area contributed by atoms with Crippen LogP contribution in [0.15, 0.2) is 30.3 Å². The summed E-state index contributed by atoms with van der Waals surface area (Å²) in [7, 11) is 0. The molecule has 21 heavy (non-hydrogen) atoms. The van der Waals surface area contributed by atoms with Crippen molar-refractivity contribution in [2.45, 2.75) is 6.54 Å². The lowest BCUT2D eigenvalue weighted by Gasteiger charge is -2.35. The molecule has 1 aliphatic rings. The lowest BCUT2D eigenvalue weighted by atomic mass is 10.2. The predicted molar refractivity (Wildman–Crippen MR) is 83.8 cm³/mol. The summed E-state index contributed by atoms with van der Waals surface area (Å²) in [6.07, 6.45) is 0. The van der Waals surface area contributed by atoms with Crippen LogP contribution in [0, 0.1) is 0 Å². The monoisotopic (exact) mass is 323 g/mol. The quantitative estimate of drug-likeness (QED) is 0.868. The summed E-state index contributed by atoms with van der Waals surface area (Å²) < 4.78 is 0. The standard InChI is InChI=1S/C14H15Cl2N5/c15-12-13(17-14(16)19-18-12)21-8-6-20(7-9-21)10-11-4-2-1-3-5-11/h1-5H,6-10H2. The van der Waals surface area contributed by atoms with E-state index in [2.05, 4.69) is 49.2 Å². The number of hydrogen-bond acceptors (Lipinski definition) is 5. The molecule has 1 aliphatic heterocycles. The zero-order chi connectivity index (χ0) is 14.7. The maximum atomic E-state index is 6.05. The third-order valence-electron chi connectivity index (χ3n) is 3.52. The van der Waals surface area contributed by atoms with Gasteiger partial charge in [0, 0.05) is 32.7 Å². The highest BCUT2D eigenvalue weighted by molar-refractivity contribution is 6.32. The average Bonchev–Trinajstić information content (AvgIpc) is 2.52. The molecule has 0 aliphatic carbocycles. The summed E-state index contributed by atoms with van der Waals surface area (Å²) in [4.78, 5) is 8.69. The van der Waals surface area contributed by atoms with Gasteiger partial charge in [-0.15, -0.1) is 10.2 Å². The van der Waals surface area contributed by atoms with Crippen LogP contribution in [0.3, 0.4) is 0 Å². The van der Waals surface area contributed by atoms with Gasteiger partial charge in [-0.1, -0.05) is 41.9 Å². The van der Waals surface area contributed by atoms with Crippen LogP contribution in [-0.2, 0) is 6.54 Å². The summed E-state index contributed by atoms with van der Waals surface area (Å²) in [5.74, 6) is 0.621. The molecule has 2 heterocycles. The first-order chi connectivity index (χ1) is 10.2. The Kier molecular flexibility index (Phi) is 4.53. The molecule has 0 saturated carbocycles. The van der Waals surface area contributed by atoms with Crippen molar-refractivity contribution in [3.63, 3.8) is 0 Å². The van der Waals surface area contributed by atoms with E-state index >= 15 is 0 Å². The fourth-order valence-corrected chi connectivity index (χ4v) is 2.76. The molecule has 0 radical (unpaired) electrons. The van der Waals surface area contributed by atoms with Crippen molar-refractivity contribution in [1.82, 2.24) is 20.1 Å². The van der Waals surface area contributed by atoms with Crippen molar-refractivity contribution < 1.29 is 0 Å². The summed E-state index contributed by atoms with van der Waals surface area (Å²) in [5.41, 5.74) is 1.33. The van der Waals surface area contributed by atoms with Crippen LogP contribution in [0.4, 0.5) is 5.82 Å². The van der Waals surface area contributed by atoms with Crippen LogP contribution in [0.25, 0.3) is 0 Å². The van der Waals surface area contributed by atoms with E-state index < -0.39 is 0 Å². The Bertz CT molecular complexity index is 600. The van der Waals surface area contributed by atoms with Gasteiger partial charge in [0.15, 0.2) is 11.0 Å². The second-order valence-corrected chi connectivity index (χ2v) is 5.64. The molecule has 5 nitrogen and oxygen atoms in total. The molecule has 0 N–H and O–H groups in total. The van der Waals surface area contributed by atoms with E-state index in [0.29, 0.717) is 11.0 Å². The van der Waals surface area contributed by atoms with E-state index in [-0.39, 0.29) is 5.28 Å². The largest absolute Gasteiger partial charge is 0.351 e. The van der Waals surface area contributed by atoms with Crippen molar-refractivity contribution in [3.8, 4) is 0 Å². The van der Waals surface area contributed by atoms with Crippen molar-refractivity contribution in [1.29, 1.82) is 0 Å². The molecule has 1 saturated heterocycles. The van der Waals surface area contributed by atoms with Gasteiger partial charge in [0.2, 0.25) is 5.28 Å². The molecule has 0 bridgehead atoms. The third kappa shape index (κ3) is 3.61. The zero-order valence-corrected chi connectivity index (χ0v) is 12.9. The van der Waals surface area contributed by atoms with Gasteiger partial charge in [-0.2, -0.15) is 4.98 Å². The SMILES string of the molecule is Clc1nnc(Cl)c(N2CCN(Cc3ccccc3)CC2)n1. The van der Waals surface area contributed by atoms with E-state index in [1.54, 1.807) is 0 Å². The van der Waals surface area contributed by atoms with E-state index in [1.165, 1.54) is 5.56 Å². The van der Waals surface area contributed by atoms with Crippen molar-refractivity contribution in [3.05, 3.63) is 46.3 Å². The number of halogens is 2. The first-order valence-electron chi connectivity index (χ1n) is 6.79. The molecular weight excluding hydrogens is 309 g/mol. The van der Waals surface area contributed by atoms with Gasteiger partial charge in [0.1, 0.15) is 0 Å². The van der Waals surface area contributed by atoms with E-state index in [9.17, 15) is 0 Å². The Labute approximate surface area is 133 Å². The first kappa shape index (κ1) is 14.5. The molecule has 0 atom stereocenters. The van der Waals surface area contributed by atoms with Crippen molar-refractivity contribution in [2.75, 3.05) is 31.1 Å². The summed E-state index contributed by atoms with van der Waals surface area (Å²) in [6.45, 7) is 4.56. The van der Waals surface area contributed by atoms with Crippen LogP contribution < -0.4 is 4.90 Å². The summed E-state index contributed by atoms with van der Waals surface area (Å²) in [6, 6.07) is 10.5. The highest BCUT2D eigenvalue weighted by Crippen LogP contribution is 2.23. The number of anilines is 1. The second kappa shape index (κ2) is 6.56. The highest BCUT2D eigenvalue weighted by atomic mass is 35.5. The molecule has 1 aromatic carbocycles. The van der Waals surface area contributed by atoms with Crippen LogP contribution in [0.2, 0.25) is 10.4 Å². The molecule has 0 amide bonds. The van der Waals surface area contributed by atoms with Crippen LogP contribution in [0.1, 0.15) is 5.56 Å². The fraction of sp³-hybridized carbons (Fsp3) is 0.357. The lowest BCUT2D eigenvalue weighted by Crippen LogP contribution is -2.46. The molecule has 110 valence electrons. The van der Waals surface area contributed by atoms with Gasteiger partial charge in [0.05, 0.1) is 0 Å². The van der Waals surface area contributed by atoms with Gasteiger partial charge in [-0.05, 0) is 17.2 Å². The summed E-state index contributed by atoms with van der Waals surface area (Å²) in [5, 5.41) is 7.87. The highest BCUT2D eigenvalue weighted by Gasteiger charge is 2.21. The zero-order valence-electron chi connectivity index (χ0n) is 11.4. The molecule has 0 unspecified atom stereocenters. The Morgan fingerprint density at radius 2 is 1.67 bits per heavy atom. The minimum absolute atomic E-state index is 0.126. The molecule has 0 spiro atoms. The van der Waals surface area contributed by atoms with Gasteiger partial charge in [0.25, 0.3) is 0 Å². The van der Waals surface area contributed by atoms with Crippen LogP contribution in [-0.4, -0.2) is 46.3 Å². The van der Waals surface area contributed by atoms with E-state index in [4.69, 9.17) is 23.2 Å². The number of aromatic nitrogens is 3. The average molecular weight is 324 g/mol. The maximum Gasteiger partial charge on any atom is 0.245 e. The van der Waals surface area contributed by atoms with Crippen LogP contribution >= 0.6 is 23.2 Å². The Morgan fingerprint density at radius 3 is 2.38 bits per heavy atom. The fourth-order valence-electron chi connectivity index (χ4n) is 2.45. The van der Waals surface area contributed by atoms with Crippen molar-refractivity contribution in [2.24, 2.45) is 0 Å². The number of nitrogens with zero attached hydrogens (tertiary/aromatic N) is 5. The van der Waals surface area contributed by atoms with Gasteiger partial charge in [-0.3, -0.25) is 4.90 Å². The topological polar surface area (TPSA) is 45.2 Å². The maximum absolute atomic E-state index is 6.05. The number of hydrogen-bond donors (Lipinski definition) is 0. The first-order valence-corrected chi connectivity index (χ1v) is 7.55. The molecule has 2 aromatic rings. The van der Waals surface area contributed by atoms with Crippen LogP contribution in [0.5, 0.6) is 0 Å². The van der Waals surface area contributed by atoms with Gasteiger partial charge < -0.3 is 4.90 Å². The Hall–Kier alpha value is -1.43. The van der Waals surface area contributed by atoms with Gasteiger partial charge >= 0.3 is 0 Å². The number of rotatable bonds is 3. The Balaban J connectivity index is 1.61. The third-order valence-corrected chi connectivity index (χ3v) is 3.93. The molecule has 3 rings (SSSR count). The summed E-state index contributed by atoms with van der Waals surface area (Å²) >= 11 is 11.8. The minimum atomic E-state index is 0.126. The normalized spacial score (nSPS) is 16.2. The Morgan fingerprint density at radius 1 is 0.952 bits per heavy atom. The van der Waals surface area contributed by atoms with E-state index in [0.717, 1.165) is 32.7 Å². The molecule has 7 heteroatoms. The van der Waals surface area contributed by atoms with Crippen molar-refractivity contribution >= 4 is 29.0 Å². The minimum Gasteiger partial charge on any atom is -0.351 e. The predicted octanol–water partition coefficient (Wildman–Crippen LogP) is 2.50.